The van der Waals surface area contributed by atoms with Crippen molar-refractivity contribution in [2.24, 2.45) is 5.92 Å². The zero-order chi connectivity index (χ0) is 12.8. The van der Waals surface area contributed by atoms with Gasteiger partial charge in [0.05, 0.1) is 12.8 Å². The van der Waals surface area contributed by atoms with Crippen LogP contribution in [0.4, 0.5) is 0 Å². The highest BCUT2D eigenvalue weighted by molar-refractivity contribution is 4.97. The molecule has 1 aromatic rings. The minimum absolute atomic E-state index is 0.808. The third-order valence-corrected chi connectivity index (χ3v) is 3.51. The summed E-state index contributed by atoms with van der Waals surface area (Å²) in [6.07, 6.45) is 5.84. The molecule has 0 spiro atoms. The number of furan rings is 1. The van der Waals surface area contributed by atoms with Gasteiger partial charge in [0.15, 0.2) is 0 Å². The second kappa shape index (κ2) is 6.95. The number of hydrogen-bond donors (Lipinski definition) is 1. The molecule has 1 aromatic heterocycles. The quantitative estimate of drug-likeness (QED) is 0.683. The van der Waals surface area contributed by atoms with Crippen molar-refractivity contribution in [3.63, 3.8) is 0 Å². The largest absolute Gasteiger partial charge is 0.468 e. The summed E-state index contributed by atoms with van der Waals surface area (Å²) in [5.74, 6) is 1.83. The Bertz CT molecular complexity index is 317. The van der Waals surface area contributed by atoms with E-state index in [1.54, 1.807) is 6.26 Å². The van der Waals surface area contributed by atoms with Gasteiger partial charge in [-0.05, 0) is 43.9 Å². The zero-order valence-corrected chi connectivity index (χ0v) is 11.7. The van der Waals surface area contributed by atoms with E-state index in [4.69, 9.17) is 4.42 Å². The Labute approximate surface area is 111 Å². The van der Waals surface area contributed by atoms with Crippen LogP contribution < -0.4 is 5.32 Å². The molecule has 0 aliphatic heterocycles. The van der Waals surface area contributed by atoms with Crippen LogP contribution in [0.25, 0.3) is 0 Å². The summed E-state index contributed by atoms with van der Waals surface area (Å²) in [4.78, 5) is 2.65. The molecule has 3 heteroatoms. The molecule has 1 aliphatic rings. The van der Waals surface area contributed by atoms with Gasteiger partial charge in [-0.3, -0.25) is 4.90 Å². The lowest BCUT2D eigenvalue weighted by Crippen LogP contribution is -2.34. The molecular formula is C15H26N2O. The third-order valence-electron chi connectivity index (χ3n) is 3.51. The molecule has 1 aliphatic carbocycles. The minimum atomic E-state index is 0.808. The maximum Gasteiger partial charge on any atom is 0.117 e. The predicted octanol–water partition coefficient (Wildman–Crippen LogP) is 2.88. The fourth-order valence-electron chi connectivity index (χ4n) is 2.19. The maximum absolute atomic E-state index is 5.30. The van der Waals surface area contributed by atoms with E-state index >= 15 is 0 Å². The van der Waals surface area contributed by atoms with E-state index in [1.807, 2.05) is 12.1 Å². The van der Waals surface area contributed by atoms with Gasteiger partial charge in [0.2, 0.25) is 0 Å². The minimum Gasteiger partial charge on any atom is -0.468 e. The van der Waals surface area contributed by atoms with E-state index in [2.05, 4.69) is 24.1 Å². The van der Waals surface area contributed by atoms with E-state index in [9.17, 15) is 0 Å². The second-order valence-corrected chi connectivity index (χ2v) is 5.71. The molecule has 0 amide bonds. The molecule has 0 atom stereocenters. The molecule has 0 unspecified atom stereocenters. The lowest BCUT2D eigenvalue weighted by atomic mass is 10.1. The molecule has 1 saturated carbocycles. The number of hydrogen-bond acceptors (Lipinski definition) is 3. The van der Waals surface area contributed by atoms with Crippen LogP contribution in [-0.2, 0) is 6.54 Å². The monoisotopic (exact) mass is 250 g/mol. The van der Waals surface area contributed by atoms with Crippen molar-refractivity contribution in [2.75, 3.05) is 19.6 Å². The smallest absolute Gasteiger partial charge is 0.117 e. The second-order valence-electron chi connectivity index (χ2n) is 5.71. The first kappa shape index (κ1) is 13.6. The molecule has 1 N–H and O–H groups in total. The fourth-order valence-corrected chi connectivity index (χ4v) is 2.19. The van der Waals surface area contributed by atoms with E-state index in [-0.39, 0.29) is 0 Å². The summed E-state index contributed by atoms with van der Waals surface area (Å²) >= 11 is 0. The summed E-state index contributed by atoms with van der Waals surface area (Å²) in [5.41, 5.74) is 0. The van der Waals surface area contributed by atoms with Gasteiger partial charge in [-0.1, -0.05) is 13.8 Å². The van der Waals surface area contributed by atoms with Crippen molar-refractivity contribution in [1.82, 2.24) is 10.2 Å². The predicted molar refractivity (Wildman–Crippen MR) is 74.5 cm³/mol. The zero-order valence-electron chi connectivity index (χ0n) is 11.7. The van der Waals surface area contributed by atoms with Crippen LogP contribution in [0.3, 0.4) is 0 Å². The van der Waals surface area contributed by atoms with Gasteiger partial charge in [0, 0.05) is 19.1 Å². The van der Waals surface area contributed by atoms with E-state index in [1.165, 1.54) is 25.8 Å². The Morgan fingerprint density at radius 3 is 2.83 bits per heavy atom. The molecule has 102 valence electrons. The topological polar surface area (TPSA) is 28.4 Å². The Kier molecular flexibility index (Phi) is 5.26. The van der Waals surface area contributed by atoms with Crippen molar-refractivity contribution in [3.8, 4) is 0 Å². The Morgan fingerprint density at radius 2 is 2.22 bits per heavy atom. The van der Waals surface area contributed by atoms with Crippen molar-refractivity contribution in [2.45, 2.75) is 45.7 Å². The van der Waals surface area contributed by atoms with Gasteiger partial charge < -0.3 is 9.73 Å². The first-order valence-electron chi connectivity index (χ1n) is 7.23. The van der Waals surface area contributed by atoms with Crippen LogP contribution >= 0.6 is 0 Å². The SMILES string of the molecule is CC(C)CCN(CCNCc1ccco1)C1CC1. The van der Waals surface area contributed by atoms with Gasteiger partial charge in [0.25, 0.3) is 0 Å². The Balaban J connectivity index is 1.60. The molecule has 0 bridgehead atoms. The van der Waals surface area contributed by atoms with Crippen molar-refractivity contribution in [3.05, 3.63) is 24.2 Å². The number of nitrogens with one attached hydrogen (secondary N) is 1. The molecular weight excluding hydrogens is 224 g/mol. The number of rotatable bonds is 9. The average Bonchev–Trinajstić information content (AvgIpc) is 3.05. The number of nitrogens with zero attached hydrogens (tertiary/aromatic N) is 1. The van der Waals surface area contributed by atoms with Gasteiger partial charge in [-0.2, -0.15) is 0 Å². The fraction of sp³-hybridized carbons (Fsp3) is 0.733. The van der Waals surface area contributed by atoms with Crippen LogP contribution in [0.15, 0.2) is 22.8 Å². The summed E-state index contributed by atoms with van der Waals surface area (Å²) in [5, 5.41) is 3.45. The van der Waals surface area contributed by atoms with Crippen molar-refractivity contribution in [1.29, 1.82) is 0 Å². The van der Waals surface area contributed by atoms with Crippen LogP contribution in [0.5, 0.6) is 0 Å². The van der Waals surface area contributed by atoms with Gasteiger partial charge >= 0.3 is 0 Å². The van der Waals surface area contributed by atoms with Gasteiger partial charge in [-0.25, -0.2) is 0 Å². The molecule has 0 radical (unpaired) electrons. The normalized spacial score (nSPS) is 15.8. The van der Waals surface area contributed by atoms with Crippen LogP contribution in [0.1, 0.15) is 38.9 Å². The molecule has 18 heavy (non-hydrogen) atoms. The molecule has 1 fully saturated rings. The molecule has 3 nitrogen and oxygen atoms in total. The molecule has 0 aromatic carbocycles. The Hall–Kier alpha value is -0.800. The van der Waals surface area contributed by atoms with E-state index < -0.39 is 0 Å². The standard InChI is InChI=1S/C15H26N2O/c1-13(2)7-9-17(14-5-6-14)10-8-16-12-15-4-3-11-18-15/h3-4,11,13-14,16H,5-10,12H2,1-2H3. The summed E-state index contributed by atoms with van der Waals surface area (Å²) in [6.45, 7) is 8.92. The van der Waals surface area contributed by atoms with Crippen molar-refractivity contribution < 1.29 is 4.42 Å². The third kappa shape index (κ3) is 4.83. The highest BCUT2D eigenvalue weighted by Crippen LogP contribution is 2.26. The lowest BCUT2D eigenvalue weighted by Gasteiger charge is -2.23. The van der Waals surface area contributed by atoms with Crippen LogP contribution in [0, 0.1) is 5.92 Å². The van der Waals surface area contributed by atoms with Crippen LogP contribution in [0.2, 0.25) is 0 Å². The molecule has 0 saturated heterocycles. The highest BCUT2D eigenvalue weighted by atomic mass is 16.3. The summed E-state index contributed by atoms with van der Waals surface area (Å²) in [7, 11) is 0. The van der Waals surface area contributed by atoms with Gasteiger partial charge in [0.1, 0.15) is 5.76 Å². The highest BCUT2D eigenvalue weighted by Gasteiger charge is 2.28. The molecule has 1 heterocycles. The first-order valence-corrected chi connectivity index (χ1v) is 7.23. The van der Waals surface area contributed by atoms with E-state index in [0.717, 1.165) is 37.4 Å². The first-order chi connectivity index (χ1) is 8.75. The summed E-state index contributed by atoms with van der Waals surface area (Å²) < 4.78 is 5.30. The Morgan fingerprint density at radius 1 is 1.39 bits per heavy atom. The van der Waals surface area contributed by atoms with E-state index in [0.29, 0.717) is 0 Å². The molecule has 2 rings (SSSR count). The average molecular weight is 250 g/mol. The van der Waals surface area contributed by atoms with Crippen LogP contribution in [-0.4, -0.2) is 30.6 Å². The maximum atomic E-state index is 5.30. The van der Waals surface area contributed by atoms with Gasteiger partial charge in [-0.15, -0.1) is 0 Å². The lowest BCUT2D eigenvalue weighted by molar-refractivity contribution is 0.246. The summed E-state index contributed by atoms with van der Waals surface area (Å²) in [6, 6.07) is 4.83. The van der Waals surface area contributed by atoms with Crippen molar-refractivity contribution >= 4 is 0 Å².